The molecular weight excluding hydrogens is 644 g/mol. The summed E-state index contributed by atoms with van der Waals surface area (Å²) in [6.07, 6.45) is -8.95. The zero-order valence-electron chi connectivity index (χ0n) is 25.5. The van der Waals surface area contributed by atoms with Gasteiger partial charge in [0, 0.05) is 37.5 Å². The number of carboxylic acid groups (broad SMARTS) is 1. The van der Waals surface area contributed by atoms with Crippen molar-refractivity contribution in [2.75, 3.05) is 30.3 Å². The van der Waals surface area contributed by atoms with Crippen molar-refractivity contribution in [2.45, 2.75) is 50.7 Å². The number of nitrogens with zero attached hydrogens (tertiary/aromatic N) is 5. The van der Waals surface area contributed by atoms with Crippen LogP contribution >= 0.6 is 0 Å². The fourth-order valence-corrected chi connectivity index (χ4v) is 6.33. The molecule has 0 amide bonds. The Morgan fingerprint density at radius 3 is 2.40 bits per heavy atom. The Morgan fingerprint density at radius 1 is 1.04 bits per heavy atom. The second-order valence-corrected chi connectivity index (χ2v) is 12.2. The van der Waals surface area contributed by atoms with E-state index >= 15 is 0 Å². The number of halogens is 6. The highest BCUT2D eigenvalue weighted by molar-refractivity contribution is 5.74. The standard InChI is InChI=1S/C32H31F6N7O3/c1-18-7-10-45(43-18)24-14-20(19-3-2-4-21(13-19)31(33,34)35)5-6-22(24)27(32(36,37)38)48-26-15-25(41-29(39)42-26)44-11-8-30(9-12-44)16-23(28(46)47)40-17-30/h2-7,10,13-15,23,27,40H,8-9,11-12,16-17H2,1H3,(H,46,47)(H2,39,41,42)/t23?,27-/m1/s1. The minimum atomic E-state index is -4.97. The smallest absolute Gasteiger partial charge is 0.429 e. The predicted octanol–water partition coefficient (Wildman–Crippen LogP) is 5.95. The first kappa shape index (κ1) is 33.1. The van der Waals surface area contributed by atoms with Gasteiger partial charge in [0.25, 0.3) is 0 Å². The van der Waals surface area contributed by atoms with Gasteiger partial charge in [-0.2, -0.15) is 41.4 Å². The van der Waals surface area contributed by atoms with Crippen LogP contribution in [0.4, 0.5) is 38.1 Å². The Morgan fingerprint density at radius 2 is 1.77 bits per heavy atom. The van der Waals surface area contributed by atoms with Crippen LogP contribution in [0.3, 0.4) is 0 Å². The molecule has 0 radical (unpaired) electrons. The third-order valence-corrected chi connectivity index (χ3v) is 8.85. The minimum Gasteiger partial charge on any atom is -0.480 e. The Bertz CT molecular complexity index is 1820. The second kappa shape index (κ2) is 12.3. The van der Waals surface area contributed by atoms with Gasteiger partial charge in [-0.05, 0) is 67.0 Å². The minimum absolute atomic E-state index is 0.0613. The number of carbonyl (C=O) groups is 1. The van der Waals surface area contributed by atoms with Gasteiger partial charge in [-0.3, -0.25) is 4.79 Å². The van der Waals surface area contributed by atoms with Crippen LogP contribution in [-0.4, -0.2) is 62.7 Å². The molecule has 48 heavy (non-hydrogen) atoms. The number of nitrogen functional groups attached to an aromatic ring is 1. The van der Waals surface area contributed by atoms with E-state index in [1.54, 1.807) is 13.0 Å². The number of carboxylic acids is 1. The average Bonchev–Trinajstić information content (AvgIpc) is 3.65. The Balaban J connectivity index is 1.32. The largest absolute Gasteiger partial charge is 0.480 e. The molecule has 4 aromatic rings. The van der Waals surface area contributed by atoms with Crippen LogP contribution < -0.4 is 20.7 Å². The zero-order chi connectivity index (χ0) is 34.4. The van der Waals surface area contributed by atoms with Crippen molar-refractivity contribution in [1.29, 1.82) is 0 Å². The number of piperidine rings is 1. The summed E-state index contributed by atoms with van der Waals surface area (Å²) in [6.45, 7) is 3.13. The van der Waals surface area contributed by atoms with E-state index in [4.69, 9.17) is 10.5 Å². The topological polar surface area (TPSA) is 131 Å². The van der Waals surface area contributed by atoms with Crippen LogP contribution in [0.1, 0.15) is 42.2 Å². The van der Waals surface area contributed by atoms with Crippen LogP contribution in [0.2, 0.25) is 0 Å². The number of hydrogen-bond acceptors (Lipinski definition) is 8. The first-order chi connectivity index (χ1) is 22.6. The zero-order valence-corrected chi connectivity index (χ0v) is 25.5. The molecule has 1 unspecified atom stereocenters. The maximum atomic E-state index is 14.8. The molecule has 0 bridgehead atoms. The van der Waals surface area contributed by atoms with Crippen molar-refractivity contribution in [2.24, 2.45) is 5.41 Å². The van der Waals surface area contributed by atoms with E-state index in [1.165, 1.54) is 41.2 Å². The van der Waals surface area contributed by atoms with Crippen LogP contribution in [0.15, 0.2) is 60.8 Å². The van der Waals surface area contributed by atoms with Gasteiger partial charge in [0.2, 0.25) is 17.9 Å². The molecule has 2 atom stereocenters. The molecule has 2 aliphatic rings. The lowest BCUT2D eigenvalue weighted by molar-refractivity contribution is -0.198. The summed E-state index contributed by atoms with van der Waals surface area (Å²) in [4.78, 5) is 21.4. The molecule has 1 spiro atoms. The average molecular weight is 676 g/mol. The summed E-state index contributed by atoms with van der Waals surface area (Å²) in [5.74, 6) is -1.38. The molecule has 254 valence electrons. The summed E-state index contributed by atoms with van der Waals surface area (Å²) in [5.41, 5.74) is 5.28. The van der Waals surface area contributed by atoms with E-state index in [9.17, 15) is 36.2 Å². The highest BCUT2D eigenvalue weighted by atomic mass is 19.4. The van der Waals surface area contributed by atoms with Gasteiger partial charge >= 0.3 is 18.3 Å². The van der Waals surface area contributed by atoms with E-state index in [2.05, 4.69) is 20.4 Å². The van der Waals surface area contributed by atoms with Crippen molar-refractivity contribution in [3.63, 3.8) is 0 Å². The Hall–Kier alpha value is -4.86. The summed E-state index contributed by atoms with van der Waals surface area (Å²) >= 11 is 0. The number of benzene rings is 2. The first-order valence-corrected chi connectivity index (χ1v) is 15.0. The number of rotatable bonds is 7. The fourth-order valence-electron chi connectivity index (χ4n) is 6.33. The second-order valence-electron chi connectivity index (χ2n) is 12.2. The maximum absolute atomic E-state index is 14.8. The summed E-state index contributed by atoms with van der Waals surface area (Å²) < 4.78 is 91.4. The number of anilines is 2. The summed E-state index contributed by atoms with van der Waals surface area (Å²) in [7, 11) is 0. The maximum Gasteiger partial charge on any atom is 0.429 e. The molecule has 2 fully saturated rings. The molecule has 2 aromatic carbocycles. The molecule has 2 saturated heterocycles. The van der Waals surface area contributed by atoms with Crippen molar-refractivity contribution in [3.8, 4) is 22.7 Å². The number of aryl methyl sites for hydroxylation is 1. The molecule has 2 aliphatic heterocycles. The monoisotopic (exact) mass is 675 g/mol. The number of hydrogen-bond donors (Lipinski definition) is 3. The van der Waals surface area contributed by atoms with Gasteiger partial charge in [0.05, 0.1) is 16.9 Å². The van der Waals surface area contributed by atoms with Gasteiger partial charge < -0.3 is 25.8 Å². The SMILES string of the molecule is Cc1ccn(-c2cc(-c3cccc(C(F)(F)F)c3)ccc2[C@@H](Oc2cc(N3CCC4(CC3)CNC(C(=O)O)C4)nc(N)n2)C(F)(F)F)n1. The third kappa shape index (κ3) is 6.88. The van der Waals surface area contributed by atoms with E-state index < -0.39 is 41.9 Å². The van der Waals surface area contributed by atoms with Gasteiger partial charge in [-0.25, -0.2) is 4.68 Å². The molecular formula is C32H31F6N7O3. The van der Waals surface area contributed by atoms with Crippen molar-refractivity contribution >= 4 is 17.7 Å². The first-order valence-electron chi connectivity index (χ1n) is 15.0. The van der Waals surface area contributed by atoms with E-state index in [-0.39, 0.29) is 39.6 Å². The van der Waals surface area contributed by atoms with Crippen LogP contribution in [0, 0.1) is 12.3 Å². The number of aromatic nitrogens is 4. The normalized spacial score (nSPS) is 18.6. The van der Waals surface area contributed by atoms with Gasteiger partial charge in [-0.1, -0.05) is 24.3 Å². The number of alkyl halides is 6. The van der Waals surface area contributed by atoms with E-state index in [0.29, 0.717) is 44.6 Å². The third-order valence-electron chi connectivity index (χ3n) is 8.85. The lowest BCUT2D eigenvalue weighted by Crippen LogP contribution is -2.41. The Kier molecular flexibility index (Phi) is 8.47. The van der Waals surface area contributed by atoms with Crippen LogP contribution in [-0.2, 0) is 11.0 Å². The highest BCUT2D eigenvalue weighted by Gasteiger charge is 2.46. The van der Waals surface area contributed by atoms with Crippen LogP contribution in [0.25, 0.3) is 16.8 Å². The van der Waals surface area contributed by atoms with E-state index in [0.717, 1.165) is 18.2 Å². The fraction of sp³-hybridized carbons (Fsp3) is 0.375. The number of nitrogens with one attached hydrogen (secondary N) is 1. The summed E-state index contributed by atoms with van der Waals surface area (Å²) in [5, 5.41) is 16.7. The van der Waals surface area contributed by atoms with Gasteiger partial charge in [0.15, 0.2) is 0 Å². The van der Waals surface area contributed by atoms with Gasteiger partial charge in [0.1, 0.15) is 11.9 Å². The molecule has 4 heterocycles. The number of aliphatic carboxylic acids is 1. The lowest BCUT2D eigenvalue weighted by Gasteiger charge is -2.39. The van der Waals surface area contributed by atoms with Crippen molar-refractivity contribution in [1.82, 2.24) is 25.1 Å². The molecule has 16 heteroatoms. The molecule has 4 N–H and O–H groups in total. The van der Waals surface area contributed by atoms with Crippen molar-refractivity contribution < 1.29 is 41.0 Å². The van der Waals surface area contributed by atoms with Gasteiger partial charge in [-0.15, -0.1) is 0 Å². The van der Waals surface area contributed by atoms with E-state index in [1.807, 2.05) is 4.90 Å². The lowest BCUT2D eigenvalue weighted by atomic mass is 9.76. The van der Waals surface area contributed by atoms with Crippen LogP contribution in [0.5, 0.6) is 5.88 Å². The molecule has 6 rings (SSSR count). The number of nitrogens with two attached hydrogens (primary N) is 1. The molecule has 0 saturated carbocycles. The molecule has 10 nitrogen and oxygen atoms in total. The summed E-state index contributed by atoms with van der Waals surface area (Å²) in [6, 6.07) is 10.5. The Labute approximate surface area is 270 Å². The highest BCUT2D eigenvalue weighted by Crippen LogP contribution is 2.43. The quantitative estimate of drug-likeness (QED) is 0.203. The van der Waals surface area contributed by atoms with Crippen molar-refractivity contribution in [3.05, 3.63) is 77.6 Å². The number of ether oxygens (including phenoxy) is 1. The molecule has 2 aromatic heterocycles. The molecule has 0 aliphatic carbocycles. The predicted molar refractivity (Wildman–Crippen MR) is 163 cm³/mol.